The smallest absolute Gasteiger partial charge is 0.534 e. The van der Waals surface area contributed by atoms with E-state index in [-0.39, 0.29) is 34.2 Å². The van der Waals surface area contributed by atoms with E-state index in [9.17, 15) is 43.7 Å². The SMILES string of the molecule is O=C(O)c1cccc2c1OB(O)[C@@H](NC(=O)C(NC(=O)c1c[nH]ccc1=O)c1ccc(P(=O)(O)O)cc1)C2. The number of carbonyl (C=O) groups is 3. The van der Waals surface area contributed by atoms with Crippen molar-refractivity contribution in [1.82, 2.24) is 15.6 Å². The van der Waals surface area contributed by atoms with Gasteiger partial charge in [-0.25, -0.2) is 4.79 Å². The zero-order valence-electron chi connectivity index (χ0n) is 19.4. The number of nitrogens with one attached hydrogen (secondary N) is 3. The Labute approximate surface area is 214 Å². The number of H-pyrrole nitrogens is 1. The molecule has 38 heavy (non-hydrogen) atoms. The average Bonchev–Trinajstić information content (AvgIpc) is 2.87. The minimum absolute atomic E-state index is 0.000472. The molecule has 2 heterocycles. The van der Waals surface area contributed by atoms with Crippen LogP contribution in [0.25, 0.3) is 0 Å². The molecule has 1 unspecified atom stereocenters. The molecule has 3 aromatic rings. The highest BCUT2D eigenvalue weighted by molar-refractivity contribution is 7.60. The van der Waals surface area contributed by atoms with Crippen molar-refractivity contribution in [3.63, 3.8) is 0 Å². The van der Waals surface area contributed by atoms with Crippen molar-refractivity contribution in [2.24, 2.45) is 0 Å². The van der Waals surface area contributed by atoms with E-state index in [0.717, 1.165) is 24.4 Å². The van der Waals surface area contributed by atoms with Gasteiger partial charge in [-0.2, -0.15) is 0 Å². The number of para-hydroxylation sites is 1. The largest absolute Gasteiger partial charge is 0.547 e. The number of hydrogen-bond acceptors (Lipinski definition) is 7. The second-order valence-corrected chi connectivity index (χ2v) is 10.00. The van der Waals surface area contributed by atoms with Crippen LogP contribution in [-0.2, 0) is 15.8 Å². The van der Waals surface area contributed by atoms with Crippen LogP contribution in [-0.4, -0.2) is 55.7 Å². The summed E-state index contributed by atoms with van der Waals surface area (Å²) in [5.41, 5.74) is -0.509. The highest BCUT2D eigenvalue weighted by Gasteiger charge is 2.39. The summed E-state index contributed by atoms with van der Waals surface area (Å²) in [6.07, 6.45) is 2.47. The third-order valence-electron chi connectivity index (χ3n) is 5.85. The summed E-state index contributed by atoms with van der Waals surface area (Å²) in [6.45, 7) is 0. The first-order chi connectivity index (χ1) is 18.0. The maximum atomic E-state index is 13.4. The van der Waals surface area contributed by atoms with Gasteiger partial charge in [0.05, 0.1) is 16.8 Å². The molecule has 15 heteroatoms. The van der Waals surface area contributed by atoms with Gasteiger partial charge in [0.25, 0.3) is 5.91 Å². The van der Waals surface area contributed by atoms with E-state index in [1.54, 1.807) is 6.07 Å². The average molecular weight is 541 g/mol. The van der Waals surface area contributed by atoms with E-state index in [2.05, 4.69) is 15.6 Å². The molecule has 1 aliphatic rings. The van der Waals surface area contributed by atoms with Crippen molar-refractivity contribution >= 4 is 37.8 Å². The number of benzene rings is 2. The molecule has 0 spiro atoms. The lowest BCUT2D eigenvalue weighted by atomic mass is 9.72. The molecule has 0 aliphatic carbocycles. The molecule has 0 fully saturated rings. The Morgan fingerprint density at radius 3 is 2.42 bits per heavy atom. The molecule has 0 saturated heterocycles. The molecule has 0 bridgehead atoms. The Bertz CT molecular complexity index is 1500. The van der Waals surface area contributed by atoms with Gasteiger partial charge >= 0.3 is 20.7 Å². The summed E-state index contributed by atoms with van der Waals surface area (Å²) >= 11 is 0. The number of pyridine rings is 1. The quantitative estimate of drug-likeness (QED) is 0.150. The topological polar surface area (TPSA) is 215 Å². The van der Waals surface area contributed by atoms with Crippen LogP contribution in [0.15, 0.2) is 65.7 Å². The molecular weight excluding hydrogens is 520 g/mol. The maximum absolute atomic E-state index is 13.4. The molecular formula is C23H21BN3O10P. The zero-order chi connectivity index (χ0) is 27.6. The summed E-state index contributed by atoms with van der Waals surface area (Å²) in [5, 5.41) is 24.5. The van der Waals surface area contributed by atoms with E-state index in [1.165, 1.54) is 30.5 Å². The molecule has 2 atom stereocenters. The zero-order valence-corrected chi connectivity index (χ0v) is 20.3. The molecule has 7 N–H and O–H groups in total. The summed E-state index contributed by atoms with van der Waals surface area (Å²) in [4.78, 5) is 71.1. The first-order valence-corrected chi connectivity index (χ1v) is 12.7. The number of carbonyl (C=O) groups excluding carboxylic acids is 2. The normalized spacial score (nSPS) is 15.6. The van der Waals surface area contributed by atoms with Crippen LogP contribution < -0.4 is 26.0 Å². The van der Waals surface area contributed by atoms with E-state index in [1.807, 2.05) is 0 Å². The first-order valence-electron chi connectivity index (χ1n) is 11.1. The second-order valence-electron chi connectivity index (χ2n) is 8.39. The lowest BCUT2D eigenvalue weighted by molar-refractivity contribution is -0.123. The third kappa shape index (κ3) is 5.68. The first kappa shape index (κ1) is 26.8. The van der Waals surface area contributed by atoms with Gasteiger partial charge in [-0.05, 0) is 35.7 Å². The fourth-order valence-corrected chi connectivity index (χ4v) is 4.48. The molecule has 13 nitrogen and oxygen atoms in total. The summed E-state index contributed by atoms with van der Waals surface area (Å²) in [7, 11) is -6.21. The van der Waals surface area contributed by atoms with Gasteiger partial charge < -0.3 is 40.2 Å². The number of aromatic carboxylic acids is 1. The highest BCUT2D eigenvalue weighted by atomic mass is 31.2. The number of aromatic amines is 1. The number of carboxylic acids is 1. The molecule has 1 aromatic heterocycles. The molecule has 196 valence electrons. The van der Waals surface area contributed by atoms with Crippen LogP contribution in [0, 0.1) is 0 Å². The lowest BCUT2D eigenvalue weighted by Gasteiger charge is -2.30. The minimum atomic E-state index is -4.58. The third-order valence-corrected chi connectivity index (χ3v) is 6.82. The van der Waals surface area contributed by atoms with Gasteiger partial charge in [0.1, 0.15) is 17.4 Å². The molecule has 4 rings (SSSR count). The van der Waals surface area contributed by atoms with Gasteiger partial charge in [0.15, 0.2) is 5.43 Å². The van der Waals surface area contributed by atoms with E-state index >= 15 is 0 Å². The molecule has 0 radical (unpaired) electrons. The number of aromatic nitrogens is 1. The number of rotatable bonds is 7. The lowest BCUT2D eigenvalue weighted by Crippen LogP contribution is -2.55. The monoisotopic (exact) mass is 541 g/mol. The number of fused-ring (bicyclic) bond motifs is 1. The van der Waals surface area contributed by atoms with Gasteiger partial charge in [-0.15, -0.1) is 0 Å². The van der Waals surface area contributed by atoms with Crippen molar-refractivity contribution in [2.75, 3.05) is 0 Å². The van der Waals surface area contributed by atoms with Gasteiger partial charge in [-0.1, -0.05) is 24.3 Å². The fraction of sp³-hybridized carbons (Fsp3) is 0.130. The van der Waals surface area contributed by atoms with Crippen molar-refractivity contribution in [1.29, 1.82) is 0 Å². The summed E-state index contributed by atoms with van der Waals surface area (Å²) in [5.74, 6) is -4.07. The summed E-state index contributed by atoms with van der Waals surface area (Å²) in [6, 6.07) is 8.71. The number of amides is 2. The van der Waals surface area contributed by atoms with Crippen molar-refractivity contribution < 1.29 is 43.5 Å². The van der Waals surface area contributed by atoms with Crippen LogP contribution in [0.4, 0.5) is 0 Å². The Kier molecular flexibility index (Phi) is 7.51. The minimum Gasteiger partial charge on any atom is -0.534 e. The molecule has 0 saturated carbocycles. The molecule has 1 aliphatic heterocycles. The second kappa shape index (κ2) is 10.6. The number of hydrogen-bond donors (Lipinski definition) is 7. The van der Waals surface area contributed by atoms with Gasteiger partial charge in [0.2, 0.25) is 5.91 Å². The van der Waals surface area contributed by atoms with E-state index in [0.29, 0.717) is 5.56 Å². The van der Waals surface area contributed by atoms with Crippen molar-refractivity contribution in [2.45, 2.75) is 18.4 Å². The predicted molar refractivity (Wildman–Crippen MR) is 133 cm³/mol. The van der Waals surface area contributed by atoms with Crippen LogP contribution in [0.1, 0.15) is 37.9 Å². The Morgan fingerprint density at radius 1 is 1.08 bits per heavy atom. The van der Waals surface area contributed by atoms with Crippen molar-refractivity contribution in [3.05, 3.63) is 93.4 Å². The molecule has 2 aromatic carbocycles. The van der Waals surface area contributed by atoms with Crippen molar-refractivity contribution in [3.8, 4) is 5.75 Å². The van der Waals surface area contributed by atoms with Crippen LogP contribution in [0.5, 0.6) is 5.75 Å². The summed E-state index contributed by atoms with van der Waals surface area (Å²) < 4.78 is 16.9. The Morgan fingerprint density at radius 2 is 1.79 bits per heavy atom. The van der Waals surface area contributed by atoms with Crippen LogP contribution in [0.3, 0.4) is 0 Å². The molecule has 2 amide bonds. The van der Waals surface area contributed by atoms with E-state index < -0.39 is 49.9 Å². The maximum Gasteiger partial charge on any atom is 0.547 e. The van der Waals surface area contributed by atoms with E-state index in [4.69, 9.17) is 4.65 Å². The highest BCUT2D eigenvalue weighted by Crippen LogP contribution is 2.33. The number of carboxylic acid groups (broad SMARTS) is 1. The van der Waals surface area contributed by atoms with Crippen LogP contribution in [0.2, 0.25) is 0 Å². The van der Waals surface area contributed by atoms with Gasteiger partial charge in [-0.3, -0.25) is 18.9 Å². The fourth-order valence-electron chi connectivity index (χ4n) is 3.95. The Hall–Kier alpha value is -4.23. The standard InChI is InChI=1S/C23H21BN3O10P/c28-17-8-9-25-11-16(17)21(29)27-19(12-4-6-14(7-5-12)38(34,35)36)22(30)26-18-10-13-2-1-3-15(23(31)32)20(13)37-24(18)33/h1-9,11,18-19,33H,10H2,(H,25,28)(H,26,30)(H,27,29)(H,31,32)(H2,34,35,36)/t18-,19?/m0/s1. The Balaban J connectivity index is 1.62. The van der Waals surface area contributed by atoms with Crippen LogP contribution >= 0.6 is 7.60 Å². The van der Waals surface area contributed by atoms with Gasteiger partial charge in [0, 0.05) is 18.5 Å². The predicted octanol–water partition coefficient (Wildman–Crippen LogP) is -0.513.